The molecule has 8 nitrogen and oxygen atoms in total. The molecule has 0 fully saturated rings. The number of hydrogen-bond donors (Lipinski definition) is 1. The molecule has 30 heavy (non-hydrogen) atoms. The Morgan fingerprint density at radius 1 is 1.13 bits per heavy atom. The number of carbonyl (C=O) groups is 2. The Morgan fingerprint density at radius 3 is 2.57 bits per heavy atom. The van der Waals surface area contributed by atoms with Crippen LogP contribution in [0.4, 0.5) is 14.5 Å². The number of aryl methyl sites for hydroxylation is 1. The highest BCUT2D eigenvalue weighted by molar-refractivity contribution is 7.91. The summed E-state index contributed by atoms with van der Waals surface area (Å²) in [6.45, 7) is -1.82. The molecule has 1 aliphatic heterocycles. The van der Waals surface area contributed by atoms with E-state index in [4.69, 9.17) is 4.52 Å². The average Bonchev–Trinajstić information content (AvgIpc) is 3.05. The standard InChI is InChI=1S/C19H12F2N2O6S/c1-9-15(18(23-29-9)28-19(20)21)22-17(25)10-6-7-12-14(8-10)30(26,27)13-5-3-2-4-11(13)16(12)24/h2-8,19H,1H3,(H,22,25). The van der Waals surface area contributed by atoms with Crippen molar-refractivity contribution in [3.8, 4) is 5.88 Å². The molecule has 3 aromatic rings. The maximum atomic E-state index is 13.0. The van der Waals surface area contributed by atoms with E-state index in [-0.39, 0.29) is 37.9 Å². The molecule has 0 unspecified atom stereocenters. The Bertz CT molecular complexity index is 1300. The van der Waals surface area contributed by atoms with Gasteiger partial charge in [-0.3, -0.25) is 9.59 Å². The summed E-state index contributed by atoms with van der Waals surface area (Å²) in [5.41, 5.74) is -0.348. The zero-order chi connectivity index (χ0) is 21.6. The largest absolute Gasteiger partial charge is 0.412 e. The van der Waals surface area contributed by atoms with Crippen molar-refractivity contribution in [1.29, 1.82) is 0 Å². The molecule has 154 valence electrons. The number of carbonyl (C=O) groups excluding carboxylic acids is 2. The van der Waals surface area contributed by atoms with Crippen molar-refractivity contribution >= 4 is 27.2 Å². The number of halogens is 2. The van der Waals surface area contributed by atoms with Gasteiger partial charge in [-0.2, -0.15) is 8.78 Å². The fourth-order valence-electron chi connectivity index (χ4n) is 3.07. The van der Waals surface area contributed by atoms with E-state index in [1.54, 1.807) is 6.07 Å². The lowest BCUT2D eigenvalue weighted by Crippen LogP contribution is -2.21. The first-order valence-electron chi connectivity index (χ1n) is 8.45. The average molecular weight is 434 g/mol. The minimum absolute atomic E-state index is 0.00804. The number of nitrogens with zero attached hydrogens (tertiary/aromatic N) is 1. The van der Waals surface area contributed by atoms with Gasteiger partial charge < -0.3 is 14.6 Å². The molecule has 2 heterocycles. The highest BCUT2D eigenvalue weighted by Gasteiger charge is 2.35. The third-order valence-corrected chi connectivity index (χ3v) is 6.32. The predicted octanol–water partition coefficient (Wildman–Crippen LogP) is 3.21. The highest BCUT2D eigenvalue weighted by Crippen LogP contribution is 2.35. The molecule has 0 saturated heterocycles. The monoisotopic (exact) mass is 434 g/mol. The summed E-state index contributed by atoms with van der Waals surface area (Å²) in [6.07, 6.45) is 0. The van der Waals surface area contributed by atoms with Crippen molar-refractivity contribution in [2.45, 2.75) is 23.3 Å². The minimum Gasteiger partial charge on any atom is -0.412 e. The van der Waals surface area contributed by atoms with Gasteiger partial charge in [0.1, 0.15) is 5.69 Å². The molecule has 4 rings (SSSR count). The first-order valence-corrected chi connectivity index (χ1v) is 9.93. The first-order chi connectivity index (χ1) is 14.2. The SMILES string of the molecule is Cc1onc(OC(F)F)c1NC(=O)c1ccc2c(c1)S(=O)(=O)c1ccccc1C2=O. The molecular weight excluding hydrogens is 422 g/mol. The Kier molecular flexibility index (Phi) is 4.61. The van der Waals surface area contributed by atoms with E-state index in [1.807, 2.05) is 0 Å². The van der Waals surface area contributed by atoms with Crippen LogP contribution in [0, 0.1) is 6.92 Å². The number of sulfone groups is 1. The van der Waals surface area contributed by atoms with Crippen LogP contribution in [0.1, 0.15) is 32.0 Å². The van der Waals surface area contributed by atoms with Crippen LogP contribution in [0.2, 0.25) is 0 Å². The molecule has 0 spiro atoms. The molecule has 0 atom stereocenters. The number of hydrogen-bond acceptors (Lipinski definition) is 7. The molecule has 0 saturated carbocycles. The quantitative estimate of drug-likeness (QED) is 0.524. The van der Waals surface area contributed by atoms with E-state index in [1.165, 1.54) is 37.3 Å². The van der Waals surface area contributed by atoms with E-state index in [0.29, 0.717) is 0 Å². The molecule has 1 amide bonds. The fraction of sp³-hybridized carbons (Fsp3) is 0.105. The van der Waals surface area contributed by atoms with Gasteiger partial charge in [-0.1, -0.05) is 12.1 Å². The van der Waals surface area contributed by atoms with Crippen molar-refractivity contribution in [3.05, 3.63) is 64.9 Å². The van der Waals surface area contributed by atoms with Gasteiger partial charge in [0.15, 0.2) is 11.5 Å². The Hall–Kier alpha value is -3.60. The molecule has 0 radical (unpaired) electrons. The van der Waals surface area contributed by atoms with Crippen molar-refractivity contribution in [1.82, 2.24) is 5.16 Å². The number of alkyl halides is 2. The van der Waals surface area contributed by atoms with E-state index < -0.39 is 34.0 Å². The molecule has 1 N–H and O–H groups in total. The zero-order valence-electron chi connectivity index (χ0n) is 15.2. The lowest BCUT2D eigenvalue weighted by Gasteiger charge is -2.19. The van der Waals surface area contributed by atoms with Gasteiger partial charge in [0.2, 0.25) is 9.84 Å². The second kappa shape index (κ2) is 7.02. The van der Waals surface area contributed by atoms with Gasteiger partial charge in [0, 0.05) is 16.7 Å². The lowest BCUT2D eigenvalue weighted by molar-refractivity contribution is -0.0541. The summed E-state index contributed by atoms with van der Waals surface area (Å²) < 4.78 is 59.8. The van der Waals surface area contributed by atoms with Crippen LogP contribution < -0.4 is 10.1 Å². The predicted molar refractivity (Wildman–Crippen MR) is 97.6 cm³/mol. The van der Waals surface area contributed by atoms with Crippen molar-refractivity contribution in [2.75, 3.05) is 5.32 Å². The van der Waals surface area contributed by atoms with Gasteiger partial charge >= 0.3 is 6.61 Å². The van der Waals surface area contributed by atoms with Gasteiger partial charge in [-0.15, -0.1) is 0 Å². The van der Waals surface area contributed by atoms with Gasteiger partial charge in [0.25, 0.3) is 11.8 Å². The van der Waals surface area contributed by atoms with Crippen LogP contribution in [-0.4, -0.2) is 31.9 Å². The summed E-state index contributed by atoms with van der Waals surface area (Å²) in [6, 6.07) is 9.32. The number of anilines is 1. The number of ether oxygens (including phenoxy) is 1. The van der Waals surface area contributed by atoms with Crippen LogP contribution in [0.3, 0.4) is 0 Å². The fourth-order valence-corrected chi connectivity index (χ4v) is 4.75. The number of ketones is 1. The molecule has 2 aromatic carbocycles. The molecule has 1 aliphatic rings. The van der Waals surface area contributed by atoms with E-state index >= 15 is 0 Å². The van der Waals surface area contributed by atoms with Crippen LogP contribution in [0.15, 0.2) is 56.8 Å². The highest BCUT2D eigenvalue weighted by atomic mass is 32.2. The molecule has 0 aliphatic carbocycles. The Morgan fingerprint density at radius 2 is 1.83 bits per heavy atom. The molecular formula is C19H12F2N2O6S. The Labute approximate surface area is 168 Å². The smallest absolute Gasteiger partial charge is 0.388 e. The Balaban J connectivity index is 1.72. The number of amides is 1. The third kappa shape index (κ3) is 3.12. The van der Waals surface area contributed by atoms with E-state index in [9.17, 15) is 26.8 Å². The first kappa shape index (κ1) is 19.7. The van der Waals surface area contributed by atoms with Crippen LogP contribution in [-0.2, 0) is 9.84 Å². The summed E-state index contributed by atoms with van der Waals surface area (Å²) in [5.74, 6) is -1.92. The third-order valence-electron chi connectivity index (χ3n) is 4.47. The van der Waals surface area contributed by atoms with Crippen molar-refractivity contribution in [3.63, 3.8) is 0 Å². The lowest BCUT2D eigenvalue weighted by atomic mass is 10.0. The maximum absolute atomic E-state index is 13.0. The second-order valence-electron chi connectivity index (χ2n) is 6.29. The second-order valence-corrected chi connectivity index (χ2v) is 8.18. The summed E-state index contributed by atoms with van der Waals surface area (Å²) >= 11 is 0. The summed E-state index contributed by atoms with van der Waals surface area (Å²) in [4.78, 5) is 24.8. The van der Waals surface area contributed by atoms with Crippen LogP contribution >= 0.6 is 0 Å². The molecule has 1 aromatic heterocycles. The van der Waals surface area contributed by atoms with Gasteiger partial charge in [-0.25, -0.2) is 8.42 Å². The van der Waals surface area contributed by atoms with Gasteiger partial charge in [0.05, 0.1) is 9.79 Å². The number of aromatic nitrogens is 1. The van der Waals surface area contributed by atoms with Crippen molar-refractivity contribution in [2.24, 2.45) is 0 Å². The van der Waals surface area contributed by atoms with E-state index in [0.717, 1.165) is 6.07 Å². The number of nitrogens with one attached hydrogen (secondary N) is 1. The number of rotatable bonds is 4. The number of benzene rings is 2. The zero-order valence-corrected chi connectivity index (χ0v) is 16.0. The number of fused-ring (bicyclic) bond motifs is 2. The van der Waals surface area contributed by atoms with Crippen LogP contribution in [0.25, 0.3) is 0 Å². The summed E-state index contributed by atoms with van der Waals surface area (Å²) in [7, 11) is -4.04. The molecule has 11 heteroatoms. The minimum atomic E-state index is -4.04. The summed E-state index contributed by atoms with van der Waals surface area (Å²) in [5, 5.41) is 5.61. The van der Waals surface area contributed by atoms with Crippen molar-refractivity contribution < 1.29 is 36.0 Å². The molecule has 0 bridgehead atoms. The normalized spacial score (nSPS) is 14.2. The maximum Gasteiger partial charge on any atom is 0.388 e. The topological polar surface area (TPSA) is 116 Å². The van der Waals surface area contributed by atoms with E-state index in [2.05, 4.69) is 15.2 Å². The van der Waals surface area contributed by atoms with Crippen LogP contribution in [0.5, 0.6) is 5.88 Å². The van der Waals surface area contributed by atoms with Gasteiger partial charge in [-0.05, 0) is 42.4 Å².